The van der Waals surface area contributed by atoms with E-state index in [9.17, 15) is 0 Å². The first-order valence-electron chi connectivity index (χ1n) is 7.22. The molecule has 0 unspecified atom stereocenters. The van der Waals surface area contributed by atoms with Crippen LogP contribution in [0.2, 0.25) is 10.0 Å². The number of nitrogens with zero attached hydrogens (tertiary/aromatic N) is 2. The third-order valence-corrected chi connectivity index (χ3v) is 5.44. The van der Waals surface area contributed by atoms with E-state index >= 15 is 0 Å². The minimum absolute atomic E-state index is 0.506. The second-order valence-corrected chi connectivity index (χ2v) is 6.96. The fraction of sp³-hybridized carbons (Fsp3) is 0.118. The fourth-order valence-corrected chi connectivity index (χ4v) is 3.72. The zero-order valence-electron chi connectivity index (χ0n) is 12.0. The number of nitrogens with one attached hydrogen (secondary N) is 1. The molecular weight excluding hydrogens is 397 g/mol. The van der Waals surface area contributed by atoms with E-state index in [0.717, 1.165) is 40.2 Å². The van der Waals surface area contributed by atoms with Crippen molar-refractivity contribution in [3.63, 3.8) is 0 Å². The standard InChI is InChI=1S/C17H12BrCl2N3/c18-12-5-2-1-4-10(12)16-11-8-9-21-17(11)23(22-16)14-7-3-6-13(19)15(14)20/h1-7,21H,8-9H2. The van der Waals surface area contributed by atoms with Gasteiger partial charge in [-0.25, -0.2) is 4.68 Å². The SMILES string of the molecule is Clc1cccc(-n2nc(-c3ccccc3Br)c3c2NCC3)c1Cl. The van der Waals surface area contributed by atoms with Gasteiger partial charge in [0.05, 0.1) is 21.4 Å². The molecule has 3 aromatic rings. The van der Waals surface area contributed by atoms with Crippen molar-refractivity contribution in [2.45, 2.75) is 6.42 Å². The maximum Gasteiger partial charge on any atom is 0.133 e. The number of anilines is 1. The summed E-state index contributed by atoms with van der Waals surface area (Å²) >= 11 is 16.2. The molecule has 0 aliphatic carbocycles. The van der Waals surface area contributed by atoms with E-state index < -0.39 is 0 Å². The lowest BCUT2D eigenvalue weighted by atomic mass is 10.1. The molecule has 2 heterocycles. The highest BCUT2D eigenvalue weighted by Gasteiger charge is 2.25. The van der Waals surface area contributed by atoms with E-state index in [0.29, 0.717) is 10.0 Å². The Balaban J connectivity index is 1.96. The lowest BCUT2D eigenvalue weighted by molar-refractivity contribution is 0.882. The van der Waals surface area contributed by atoms with E-state index in [1.807, 2.05) is 35.0 Å². The van der Waals surface area contributed by atoms with Gasteiger partial charge in [-0.05, 0) is 24.6 Å². The van der Waals surface area contributed by atoms with Gasteiger partial charge in [-0.3, -0.25) is 0 Å². The van der Waals surface area contributed by atoms with Gasteiger partial charge >= 0.3 is 0 Å². The van der Waals surface area contributed by atoms with Crippen LogP contribution in [0.4, 0.5) is 5.82 Å². The highest BCUT2D eigenvalue weighted by molar-refractivity contribution is 9.10. The maximum atomic E-state index is 6.39. The predicted molar refractivity (Wildman–Crippen MR) is 98.9 cm³/mol. The average Bonchev–Trinajstić information content (AvgIpc) is 3.13. The zero-order chi connectivity index (χ0) is 16.0. The molecule has 1 aromatic heterocycles. The van der Waals surface area contributed by atoms with Crippen molar-refractivity contribution >= 4 is 44.9 Å². The minimum Gasteiger partial charge on any atom is -0.369 e. The van der Waals surface area contributed by atoms with Crippen LogP contribution in [0.3, 0.4) is 0 Å². The molecule has 0 radical (unpaired) electrons. The zero-order valence-corrected chi connectivity index (χ0v) is 15.1. The molecule has 0 saturated heterocycles. The van der Waals surface area contributed by atoms with Gasteiger partial charge in [-0.2, -0.15) is 5.10 Å². The molecule has 2 aromatic carbocycles. The van der Waals surface area contributed by atoms with Gasteiger partial charge in [-0.15, -0.1) is 0 Å². The van der Waals surface area contributed by atoms with Crippen molar-refractivity contribution in [1.82, 2.24) is 9.78 Å². The van der Waals surface area contributed by atoms with Crippen LogP contribution >= 0.6 is 39.1 Å². The summed E-state index contributed by atoms with van der Waals surface area (Å²) in [6, 6.07) is 13.7. The molecule has 0 saturated carbocycles. The average molecular weight is 409 g/mol. The normalized spacial score (nSPS) is 13.0. The minimum atomic E-state index is 0.506. The summed E-state index contributed by atoms with van der Waals surface area (Å²) < 4.78 is 2.88. The largest absolute Gasteiger partial charge is 0.369 e. The van der Waals surface area contributed by atoms with E-state index in [1.54, 1.807) is 6.07 Å². The lowest BCUT2D eigenvalue weighted by Gasteiger charge is -2.09. The van der Waals surface area contributed by atoms with Crippen molar-refractivity contribution < 1.29 is 0 Å². The van der Waals surface area contributed by atoms with Crippen molar-refractivity contribution in [1.29, 1.82) is 0 Å². The first-order valence-corrected chi connectivity index (χ1v) is 8.77. The summed E-state index contributed by atoms with van der Waals surface area (Å²) in [6.07, 6.45) is 0.935. The number of fused-ring (bicyclic) bond motifs is 1. The smallest absolute Gasteiger partial charge is 0.133 e. The van der Waals surface area contributed by atoms with Crippen molar-refractivity contribution in [2.24, 2.45) is 0 Å². The molecule has 6 heteroatoms. The molecule has 23 heavy (non-hydrogen) atoms. The lowest BCUT2D eigenvalue weighted by Crippen LogP contribution is -2.05. The van der Waals surface area contributed by atoms with Gasteiger partial charge in [0.15, 0.2) is 0 Å². The van der Waals surface area contributed by atoms with Crippen LogP contribution in [0.1, 0.15) is 5.56 Å². The molecule has 0 spiro atoms. The highest BCUT2D eigenvalue weighted by Crippen LogP contribution is 2.39. The van der Waals surface area contributed by atoms with Crippen molar-refractivity contribution in [3.8, 4) is 16.9 Å². The Morgan fingerprint density at radius 3 is 2.74 bits per heavy atom. The number of aromatic nitrogens is 2. The summed E-state index contributed by atoms with van der Waals surface area (Å²) in [5, 5.41) is 9.25. The number of halogens is 3. The van der Waals surface area contributed by atoms with Crippen molar-refractivity contribution in [2.75, 3.05) is 11.9 Å². The summed E-state index contributed by atoms with van der Waals surface area (Å²) in [5.74, 6) is 0.986. The molecule has 0 fully saturated rings. The number of benzene rings is 2. The maximum absolute atomic E-state index is 6.39. The van der Waals surface area contributed by atoms with E-state index in [4.69, 9.17) is 28.3 Å². The third kappa shape index (κ3) is 2.45. The fourth-order valence-electron chi connectivity index (χ4n) is 2.87. The molecule has 0 amide bonds. The number of hydrogen-bond acceptors (Lipinski definition) is 2. The van der Waals surface area contributed by atoms with Crippen LogP contribution in [-0.4, -0.2) is 16.3 Å². The molecule has 0 atom stereocenters. The molecule has 0 bridgehead atoms. The molecular formula is C17H12BrCl2N3. The van der Waals surface area contributed by atoms with Crippen LogP contribution in [0, 0.1) is 0 Å². The summed E-state index contributed by atoms with van der Waals surface area (Å²) in [5.41, 5.74) is 4.02. The Morgan fingerprint density at radius 1 is 1.09 bits per heavy atom. The second kappa shape index (κ2) is 5.86. The Labute approximate surface area is 152 Å². The molecule has 1 aliphatic heterocycles. The van der Waals surface area contributed by atoms with E-state index in [1.165, 1.54) is 5.56 Å². The molecule has 3 nitrogen and oxygen atoms in total. The molecule has 1 aliphatic rings. The van der Waals surface area contributed by atoms with Crippen LogP contribution in [0.25, 0.3) is 16.9 Å². The van der Waals surface area contributed by atoms with Crippen molar-refractivity contribution in [3.05, 3.63) is 62.5 Å². The van der Waals surface area contributed by atoms with Gasteiger partial charge in [0.1, 0.15) is 5.82 Å². The Kier molecular flexibility index (Phi) is 3.84. The van der Waals surface area contributed by atoms with Crippen LogP contribution < -0.4 is 5.32 Å². The number of rotatable bonds is 2. The van der Waals surface area contributed by atoms with Crippen LogP contribution in [-0.2, 0) is 6.42 Å². The predicted octanol–water partition coefficient (Wildman–Crippen LogP) is 5.58. The van der Waals surface area contributed by atoms with Gasteiger partial charge in [0, 0.05) is 22.1 Å². The van der Waals surface area contributed by atoms with Gasteiger partial charge < -0.3 is 5.32 Å². The van der Waals surface area contributed by atoms with Gasteiger partial charge in [0.25, 0.3) is 0 Å². The van der Waals surface area contributed by atoms with Gasteiger partial charge in [0.2, 0.25) is 0 Å². The topological polar surface area (TPSA) is 29.9 Å². The Bertz CT molecular complexity index is 905. The summed E-state index contributed by atoms with van der Waals surface area (Å²) in [6.45, 7) is 0.892. The Hall–Kier alpha value is -1.49. The first-order chi connectivity index (χ1) is 11.2. The number of hydrogen-bond donors (Lipinski definition) is 1. The molecule has 116 valence electrons. The highest BCUT2D eigenvalue weighted by atomic mass is 79.9. The third-order valence-electron chi connectivity index (χ3n) is 3.94. The van der Waals surface area contributed by atoms with E-state index in [-0.39, 0.29) is 0 Å². The second-order valence-electron chi connectivity index (χ2n) is 5.32. The molecule has 1 N–H and O–H groups in total. The summed E-state index contributed by atoms with van der Waals surface area (Å²) in [4.78, 5) is 0. The monoisotopic (exact) mass is 407 g/mol. The molecule has 4 rings (SSSR count). The van der Waals surface area contributed by atoms with Gasteiger partial charge in [-0.1, -0.05) is 63.4 Å². The summed E-state index contributed by atoms with van der Waals surface area (Å²) in [7, 11) is 0. The quantitative estimate of drug-likeness (QED) is 0.600. The van der Waals surface area contributed by atoms with Crippen LogP contribution in [0.5, 0.6) is 0 Å². The van der Waals surface area contributed by atoms with Crippen LogP contribution in [0.15, 0.2) is 46.9 Å². The Morgan fingerprint density at radius 2 is 1.91 bits per heavy atom. The first kappa shape index (κ1) is 15.1. The van der Waals surface area contributed by atoms with E-state index in [2.05, 4.69) is 27.3 Å².